The zero-order chi connectivity index (χ0) is 15.7. The molecule has 0 unspecified atom stereocenters. The van der Waals surface area contributed by atoms with Crippen LogP contribution in [0.15, 0.2) is 35.2 Å². The lowest BCUT2D eigenvalue weighted by molar-refractivity contribution is 0.101. The van der Waals surface area contributed by atoms with Crippen LogP contribution in [0.4, 0.5) is 5.00 Å². The molecule has 6 heteroatoms. The second-order valence-electron chi connectivity index (χ2n) is 5.39. The average Bonchev–Trinajstić information content (AvgIpc) is 2.85. The molecule has 0 atom stereocenters. The number of carbonyl (C=O) groups is 1. The number of thiophene rings is 1. The summed E-state index contributed by atoms with van der Waals surface area (Å²) in [4.78, 5) is 13.3. The third-order valence-electron chi connectivity index (χ3n) is 3.80. The molecule has 0 saturated carbocycles. The molecule has 22 heavy (non-hydrogen) atoms. The summed E-state index contributed by atoms with van der Waals surface area (Å²) in [6, 6.07) is 8.22. The van der Waals surface area contributed by atoms with Crippen LogP contribution in [0.25, 0.3) is 0 Å². The Balaban J connectivity index is 2.02. The van der Waals surface area contributed by atoms with Crippen molar-refractivity contribution < 1.29 is 13.2 Å². The van der Waals surface area contributed by atoms with Crippen LogP contribution in [0.3, 0.4) is 0 Å². The van der Waals surface area contributed by atoms with Gasteiger partial charge in [-0.05, 0) is 50.3 Å². The fraction of sp³-hybridized carbons (Fsp3) is 0.312. The number of ketones is 1. The van der Waals surface area contributed by atoms with Gasteiger partial charge in [-0.25, -0.2) is 8.42 Å². The minimum absolute atomic E-state index is 0.0786. The average molecular weight is 335 g/mol. The highest BCUT2D eigenvalue weighted by molar-refractivity contribution is 7.93. The van der Waals surface area contributed by atoms with E-state index in [0.29, 0.717) is 10.6 Å². The van der Waals surface area contributed by atoms with Crippen LogP contribution in [0.5, 0.6) is 0 Å². The second kappa shape index (κ2) is 5.85. The molecule has 2 aromatic rings. The number of aryl methyl sites for hydroxylation is 1. The molecule has 0 fully saturated rings. The van der Waals surface area contributed by atoms with E-state index in [1.807, 2.05) is 0 Å². The first-order chi connectivity index (χ1) is 10.5. The van der Waals surface area contributed by atoms with Crippen molar-refractivity contribution in [2.24, 2.45) is 0 Å². The maximum Gasteiger partial charge on any atom is 0.262 e. The summed E-state index contributed by atoms with van der Waals surface area (Å²) < 4.78 is 27.6. The molecule has 4 nitrogen and oxygen atoms in total. The molecule has 1 aliphatic rings. The van der Waals surface area contributed by atoms with Crippen LogP contribution in [0.2, 0.25) is 0 Å². The summed E-state index contributed by atoms with van der Waals surface area (Å²) in [5.74, 6) is -0.0786. The Labute approximate surface area is 134 Å². The van der Waals surface area contributed by atoms with Gasteiger partial charge in [0.05, 0.1) is 10.5 Å². The number of rotatable bonds is 4. The Bertz CT molecular complexity index is 807. The minimum atomic E-state index is -3.66. The van der Waals surface area contributed by atoms with E-state index in [0.717, 1.165) is 36.1 Å². The summed E-state index contributed by atoms with van der Waals surface area (Å²) in [6.07, 6.45) is 3.92. The molecule has 116 valence electrons. The van der Waals surface area contributed by atoms with E-state index in [9.17, 15) is 13.2 Å². The number of fused-ring (bicyclic) bond motifs is 1. The van der Waals surface area contributed by atoms with E-state index in [-0.39, 0.29) is 10.7 Å². The van der Waals surface area contributed by atoms with Crippen molar-refractivity contribution >= 4 is 32.1 Å². The van der Waals surface area contributed by atoms with Gasteiger partial charge in [0.25, 0.3) is 10.0 Å². The molecular formula is C16H17NO3S2. The normalized spacial score (nSPS) is 14.4. The number of Topliss-reactive ketones (excluding diaryl/α,β-unsaturated/α-hetero) is 1. The van der Waals surface area contributed by atoms with Crippen LogP contribution in [-0.4, -0.2) is 14.2 Å². The van der Waals surface area contributed by atoms with Gasteiger partial charge in [-0.3, -0.25) is 9.52 Å². The van der Waals surface area contributed by atoms with Crippen LogP contribution >= 0.6 is 11.3 Å². The van der Waals surface area contributed by atoms with Gasteiger partial charge in [0.15, 0.2) is 5.78 Å². The van der Waals surface area contributed by atoms with Crippen molar-refractivity contribution in [3.63, 3.8) is 0 Å². The van der Waals surface area contributed by atoms with Crippen LogP contribution in [-0.2, 0) is 22.9 Å². The lowest BCUT2D eigenvalue weighted by Gasteiger charge is -2.11. The van der Waals surface area contributed by atoms with Crippen molar-refractivity contribution in [3.8, 4) is 0 Å². The zero-order valence-electron chi connectivity index (χ0n) is 12.3. The highest BCUT2D eigenvalue weighted by Gasteiger charge is 2.26. The third kappa shape index (κ3) is 2.80. The number of benzene rings is 1. The highest BCUT2D eigenvalue weighted by atomic mass is 32.2. The molecule has 0 amide bonds. The van der Waals surface area contributed by atoms with Gasteiger partial charge in [-0.2, -0.15) is 0 Å². The lowest BCUT2D eigenvalue weighted by atomic mass is 9.94. The van der Waals surface area contributed by atoms with Crippen molar-refractivity contribution in [1.29, 1.82) is 0 Å². The summed E-state index contributed by atoms with van der Waals surface area (Å²) in [5.41, 5.74) is 1.59. The molecule has 1 aliphatic carbocycles. The summed E-state index contributed by atoms with van der Waals surface area (Å²) in [6.45, 7) is 1.50. The minimum Gasteiger partial charge on any atom is -0.294 e. The fourth-order valence-corrected chi connectivity index (χ4v) is 5.46. The standard InChI is InChI=1S/C16H17NO3S2/c1-11(18)15-13-9-5-6-10-14(13)21-16(15)17-22(19,20)12-7-3-2-4-8-12/h2-4,7-8,17H,5-6,9-10H2,1H3. The topological polar surface area (TPSA) is 63.2 Å². The maximum atomic E-state index is 12.5. The monoisotopic (exact) mass is 335 g/mol. The summed E-state index contributed by atoms with van der Waals surface area (Å²) in [7, 11) is -3.66. The van der Waals surface area contributed by atoms with Gasteiger partial charge in [0, 0.05) is 4.88 Å². The van der Waals surface area contributed by atoms with Crippen LogP contribution in [0, 0.1) is 0 Å². The van der Waals surface area contributed by atoms with E-state index in [1.54, 1.807) is 30.3 Å². The molecule has 1 aromatic heterocycles. The predicted molar refractivity (Wildman–Crippen MR) is 88.2 cm³/mol. The van der Waals surface area contributed by atoms with Crippen LogP contribution < -0.4 is 4.72 Å². The first-order valence-corrected chi connectivity index (χ1v) is 9.52. The van der Waals surface area contributed by atoms with Gasteiger partial charge in [-0.15, -0.1) is 11.3 Å². The third-order valence-corrected chi connectivity index (χ3v) is 6.51. The molecule has 1 aromatic carbocycles. The van der Waals surface area contributed by atoms with Gasteiger partial charge in [-0.1, -0.05) is 18.2 Å². The van der Waals surface area contributed by atoms with Gasteiger partial charge >= 0.3 is 0 Å². The molecule has 1 N–H and O–H groups in total. The van der Waals surface area contributed by atoms with Gasteiger partial charge in [0.1, 0.15) is 5.00 Å². The number of hydrogen-bond donors (Lipinski definition) is 1. The molecule has 0 aliphatic heterocycles. The molecule has 0 spiro atoms. The predicted octanol–water partition coefficient (Wildman–Crippen LogP) is 3.63. The van der Waals surface area contributed by atoms with E-state index in [1.165, 1.54) is 18.3 Å². The molecule has 0 radical (unpaired) electrons. The summed E-state index contributed by atoms with van der Waals surface area (Å²) >= 11 is 1.40. The lowest BCUT2D eigenvalue weighted by Crippen LogP contribution is -2.14. The van der Waals surface area contributed by atoms with E-state index in [4.69, 9.17) is 0 Å². The van der Waals surface area contributed by atoms with Crippen molar-refractivity contribution in [3.05, 3.63) is 46.3 Å². The van der Waals surface area contributed by atoms with Crippen molar-refractivity contribution in [2.75, 3.05) is 4.72 Å². The van der Waals surface area contributed by atoms with Crippen molar-refractivity contribution in [1.82, 2.24) is 0 Å². The first-order valence-electron chi connectivity index (χ1n) is 7.22. The first kappa shape index (κ1) is 15.2. The number of carbonyl (C=O) groups excluding carboxylic acids is 1. The largest absolute Gasteiger partial charge is 0.294 e. The van der Waals surface area contributed by atoms with Crippen LogP contribution in [0.1, 0.15) is 40.6 Å². The van der Waals surface area contributed by atoms with Gasteiger partial charge < -0.3 is 0 Å². The number of nitrogens with one attached hydrogen (secondary N) is 1. The van der Waals surface area contributed by atoms with E-state index < -0.39 is 10.0 Å². The molecule has 3 rings (SSSR count). The number of sulfonamides is 1. The Morgan fingerprint density at radius 3 is 2.50 bits per heavy atom. The fourth-order valence-electron chi connectivity index (χ4n) is 2.79. The molecule has 0 saturated heterocycles. The SMILES string of the molecule is CC(=O)c1c(NS(=O)(=O)c2ccccc2)sc2c1CCCC2. The maximum absolute atomic E-state index is 12.5. The Morgan fingerprint density at radius 1 is 1.14 bits per heavy atom. The smallest absolute Gasteiger partial charge is 0.262 e. The second-order valence-corrected chi connectivity index (χ2v) is 8.18. The van der Waals surface area contributed by atoms with Crippen molar-refractivity contribution in [2.45, 2.75) is 37.5 Å². The molecule has 0 bridgehead atoms. The highest BCUT2D eigenvalue weighted by Crippen LogP contribution is 2.39. The Kier molecular flexibility index (Phi) is 4.06. The Hall–Kier alpha value is -1.66. The van der Waals surface area contributed by atoms with E-state index >= 15 is 0 Å². The summed E-state index contributed by atoms with van der Waals surface area (Å²) in [5, 5.41) is 0.461. The molecule has 1 heterocycles. The Morgan fingerprint density at radius 2 is 1.82 bits per heavy atom. The number of anilines is 1. The number of hydrogen-bond acceptors (Lipinski definition) is 4. The quantitative estimate of drug-likeness (QED) is 0.868. The van der Waals surface area contributed by atoms with E-state index in [2.05, 4.69) is 4.72 Å². The molecular weight excluding hydrogens is 318 g/mol. The van der Waals surface area contributed by atoms with Gasteiger partial charge in [0.2, 0.25) is 0 Å². The zero-order valence-corrected chi connectivity index (χ0v) is 13.9.